The highest BCUT2D eigenvalue weighted by Crippen LogP contribution is 2.45. The number of rotatable bonds is 5. The van der Waals surface area contributed by atoms with Crippen molar-refractivity contribution in [2.45, 2.75) is 44.9 Å². The maximum atomic E-state index is 11.6. The van der Waals surface area contributed by atoms with E-state index in [1.54, 1.807) is 12.1 Å². The normalized spacial score (nSPS) is 17.3. The number of carbonyl (C=O) groups is 1. The van der Waals surface area contributed by atoms with Gasteiger partial charge in [-0.1, -0.05) is 25.0 Å². The van der Waals surface area contributed by atoms with Gasteiger partial charge in [-0.25, -0.2) is 0 Å². The molecule has 0 unspecified atom stereocenters. The minimum absolute atomic E-state index is 0.0902. The van der Waals surface area contributed by atoms with Crippen molar-refractivity contribution in [3.05, 3.63) is 29.8 Å². The zero-order chi connectivity index (χ0) is 13.7. The molecule has 19 heavy (non-hydrogen) atoms. The van der Waals surface area contributed by atoms with Gasteiger partial charge in [0.15, 0.2) is 0 Å². The number of ether oxygens (including phenoxy) is 1. The number of carbonyl (C=O) groups excluding carboxylic acids is 1. The molecule has 0 radical (unpaired) electrons. The summed E-state index contributed by atoms with van der Waals surface area (Å²) in [4.78, 5) is 11.6. The Morgan fingerprint density at radius 3 is 2.47 bits per heavy atom. The first-order chi connectivity index (χ1) is 9.13. The van der Waals surface area contributed by atoms with Gasteiger partial charge in [-0.15, -0.1) is 0 Å². The van der Waals surface area contributed by atoms with Crippen LogP contribution in [0.2, 0.25) is 0 Å². The molecule has 1 saturated carbocycles. The fourth-order valence-electron chi connectivity index (χ4n) is 3.09. The predicted molar refractivity (Wildman–Crippen MR) is 74.0 cm³/mol. The molecule has 0 aromatic heterocycles. The summed E-state index contributed by atoms with van der Waals surface area (Å²) in [7, 11) is 1.46. The number of phenolic OH excluding ortho intramolecular Hbond substituents is 1. The van der Waals surface area contributed by atoms with E-state index in [-0.39, 0.29) is 11.4 Å². The van der Waals surface area contributed by atoms with Gasteiger partial charge in [0.2, 0.25) is 0 Å². The summed E-state index contributed by atoms with van der Waals surface area (Å²) < 4.78 is 4.83. The summed E-state index contributed by atoms with van der Waals surface area (Å²) in [6, 6.07) is 7.35. The van der Waals surface area contributed by atoms with Crippen molar-refractivity contribution in [2.75, 3.05) is 7.11 Å². The maximum Gasteiger partial charge on any atom is 0.306 e. The lowest BCUT2D eigenvalue weighted by atomic mass is 9.77. The third-order valence-corrected chi connectivity index (χ3v) is 4.29. The van der Waals surface area contributed by atoms with Crippen LogP contribution >= 0.6 is 0 Å². The van der Waals surface area contributed by atoms with Gasteiger partial charge < -0.3 is 9.84 Å². The van der Waals surface area contributed by atoms with Gasteiger partial charge in [0, 0.05) is 0 Å². The summed E-state index contributed by atoms with van der Waals surface area (Å²) >= 11 is 0. The Morgan fingerprint density at radius 1 is 1.26 bits per heavy atom. The standard InChI is InChI=1S/C16H22O3/c1-19-15(18)12-16(9-2-3-10-16)11-8-13-4-6-14(17)7-5-13/h4-7,17H,2-3,8-12H2,1H3. The highest BCUT2D eigenvalue weighted by molar-refractivity contribution is 5.70. The minimum atomic E-state index is -0.0902. The van der Waals surface area contributed by atoms with E-state index in [4.69, 9.17) is 4.74 Å². The van der Waals surface area contributed by atoms with Crippen LogP contribution in [-0.2, 0) is 16.0 Å². The van der Waals surface area contributed by atoms with Gasteiger partial charge in [0.1, 0.15) is 5.75 Å². The SMILES string of the molecule is COC(=O)CC1(CCc2ccc(O)cc2)CCCC1. The summed E-state index contributed by atoms with van der Waals surface area (Å²) in [5, 5.41) is 9.28. The first-order valence-corrected chi connectivity index (χ1v) is 6.98. The number of aromatic hydroxyl groups is 1. The van der Waals surface area contributed by atoms with E-state index in [1.165, 1.54) is 25.5 Å². The van der Waals surface area contributed by atoms with Crippen molar-refractivity contribution in [1.29, 1.82) is 0 Å². The molecule has 1 aliphatic carbocycles. The Bertz CT molecular complexity index is 416. The zero-order valence-electron chi connectivity index (χ0n) is 11.5. The minimum Gasteiger partial charge on any atom is -0.508 e. The van der Waals surface area contributed by atoms with E-state index >= 15 is 0 Å². The van der Waals surface area contributed by atoms with Crippen LogP contribution in [0.5, 0.6) is 5.75 Å². The molecule has 3 nitrogen and oxygen atoms in total. The van der Waals surface area contributed by atoms with Crippen LogP contribution in [0.4, 0.5) is 0 Å². The molecule has 0 saturated heterocycles. The monoisotopic (exact) mass is 262 g/mol. The molecule has 104 valence electrons. The summed E-state index contributed by atoms with van der Waals surface area (Å²) in [6.45, 7) is 0. The summed E-state index contributed by atoms with van der Waals surface area (Å²) in [5.41, 5.74) is 1.35. The van der Waals surface area contributed by atoms with Gasteiger partial charge in [-0.2, -0.15) is 0 Å². The van der Waals surface area contributed by atoms with E-state index in [0.29, 0.717) is 12.2 Å². The van der Waals surface area contributed by atoms with Gasteiger partial charge in [-0.3, -0.25) is 4.79 Å². The first kappa shape index (κ1) is 13.9. The molecule has 0 bridgehead atoms. The largest absolute Gasteiger partial charge is 0.508 e. The second kappa shape index (κ2) is 6.09. The number of aryl methyl sites for hydroxylation is 1. The number of esters is 1. The fourth-order valence-corrected chi connectivity index (χ4v) is 3.09. The predicted octanol–water partition coefficient (Wildman–Crippen LogP) is 3.45. The fraction of sp³-hybridized carbons (Fsp3) is 0.562. The number of benzene rings is 1. The topological polar surface area (TPSA) is 46.5 Å². The van der Waals surface area contributed by atoms with Crippen LogP contribution in [0.15, 0.2) is 24.3 Å². The van der Waals surface area contributed by atoms with Crippen LogP contribution in [0, 0.1) is 5.41 Å². The lowest BCUT2D eigenvalue weighted by molar-refractivity contribution is -0.143. The number of hydrogen-bond donors (Lipinski definition) is 1. The summed E-state index contributed by atoms with van der Waals surface area (Å²) in [6.07, 6.45) is 7.20. The molecule has 0 atom stereocenters. The molecule has 0 amide bonds. The zero-order valence-corrected chi connectivity index (χ0v) is 11.5. The molecular formula is C16H22O3. The highest BCUT2D eigenvalue weighted by Gasteiger charge is 2.35. The lowest BCUT2D eigenvalue weighted by Gasteiger charge is -2.27. The number of methoxy groups -OCH3 is 1. The third kappa shape index (κ3) is 3.72. The Labute approximate surface area is 114 Å². The van der Waals surface area contributed by atoms with E-state index in [2.05, 4.69) is 0 Å². The van der Waals surface area contributed by atoms with Crippen LogP contribution in [0.25, 0.3) is 0 Å². The second-order valence-corrected chi connectivity index (χ2v) is 5.63. The average Bonchev–Trinajstić information content (AvgIpc) is 2.87. The van der Waals surface area contributed by atoms with E-state index < -0.39 is 0 Å². The van der Waals surface area contributed by atoms with Crippen LogP contribution in [0.3, 0.4) is 0 Å². The van der Waals surface area contributed by atoms with Crippen molar-refractivity contribution in [3.63, 3.8) is 0 Å². The Kier molecular flexibility index (Phi) is 4.46. The van der Waals surface area contributed by atoms with Gasteiger partial charge in [0.05, 0.1) is 13.5 Å². The maximum absolute atomic E-state index is 11.6. The van der Waals surface area contributed by atoms with E-state index in [9.17, 15) is 9.90 Å². The number of hydrogen-bond acceptors (Lipinski definition) is 3. The molecular weight excluding hydrogens is 240 g/mol. The van der Waals surface area contributed by atoms with E-state index in [0.717, 1.165) is 25.7 Å². The molecule has 1 aliphatic rings. The quantitative estimate of drug-likeness (QED) is 0.827. The molecule has 0 spiro atoms. The third-order valence-electron chi connectivity index (χ3n) is 4.29. The van der Waals surface area contributed by atoms with Crippen molar-refractivity contribution in [3.8, 4) is 5.75 Å². The molecule has 3 heteroatoms. The molecule has 1 fully saturated rings. The van der Waals surface area contributed by atoms with E-state index in [1.807, 2.05) is 12.1 Å². The highest BCUT2D eigenvalue weighted by atomic mass is 16.5. The van der Waals surface area contributed by atoms with Gasteiger partial charge in [0.25, 0.3) is 0 Å². The summed E-state index contributed by atoms with van der Waals surface area (Å²) in [5.74, 6) is 0.210. The van der Waals surface area contributed by atoms with Crippen molar-refractivity contribution in [2.24, 2.45) is 5.41 Å². The average molecular weight is 262 g/mol. The lowest BCUT2D eigenvalue weighted by Crippen LogP contribution is -2.22. The Balaban J connectivity index is 1.97. The van der Waals surface area contributed by atoms with Gasteiger partial charge >= 0.3 is 5.97 Å². The molecule has 1 N–H and O–H groups in total. The van der Waals surface area contributed by atoms with Crippen LogP contribution < -0.4 is 0 Å². The second-order valence-electron chi connectivity index (χ2n) is 5.63. The van der Waals surface area contributed by atoms with Gasteiger partial charge in [-0.05, 0) is 48.8 Å². The Morgan fingerprint density at radius 2 is 1.89 bits per heavy atom. The molecule has 0 aliphatic heterocycles. The molecule has 0 heterocycles. The molecule has 2 rings (SSSR count). The number of phenols is 1. The molecule has 1 aromatic rings. The van der Waals surface area contributed by atoms with Crippen LogP contribution in [0.1, 0.15) is 44.1 Å². The van der Waals surface area contributed by atoms with Crippen molar-refractivity contribution >= 4 is 5.97 Å². The Hall–Kier alpha value is -1.51. The molecule has 1 aromatic carbocycles. The van der Waals surface area contributed by atoms with Crippen LogP contribution in [-0.4, -0.2) is 18.2 Å². The smallest absolute Gasteiger partial charge is 0.306 e. The van der Waals surface area contributed by atoms with Crippen molar-refractivity contribution < 1.29 is 14.6 Å². The van der Waals surface area contributed by atoms with Crippen molar-refractivity contribution in [1.82, 2.24) is 0 Å². The first-order valence-electron chi connectivity index (χ1n) is 6.98.